The zero-order valence-corrected chi connectivity index (χ0v) is 30.2. The monoisotopic (exact) mass is 693 g/mol. The van der Waals surface area contributed by atoms with E-state index in [1.54, 1.807) is 48.5 Å². The first-order valence-electron chi connectivity index (χ1n) is 14.1. The summed E-state index contributed by atoms with van der Waals surface area (Å²) in [6.45, 7) is 6.04. The van der Waals surface area contributed by atoms with Crippen LogP contribution in [0.3, 0.4) is 0 Å². The van der Waals surface area contributed by atoms with E-state index in [2.05, 4.69) is 31.4 Å². The normalized spacial score (nSPS) is 12.2. The number of carbonyl (C=O) groups excluding carboxylic acids is 2. The van der Waals surface area contributed by atoms with Gasteiger partial charge < -0.3 is 10.6 Å². The van der Waals surface area contributed by atoms with E-state index in [9.17, 15) is 18.0 Å². The molecule has 12 heteroatoms. The molecular weight excluding hydrogens is 661 g/mol. The second kappa shape index (κ2) is 15.9. The van der Waals surface area contributed by atoms with E-state index < -0.39 is 39.4 Å². The fourth-order valence-corrected chi connectivity index (χ4v) is 5.61. The molecule has 0 aliphatic heterocycles. The molecule has 4 rings (SSSR count). The Labute approximate surface area is 300 Å². The number of hydrogen-bond donors (Lipinski definition) is 3. The third-order valence-electron chi connectivity index (χ3n) is 7.27. The van der Waals surface area contributed by atoms with Crippen molar-refractivity contribution in [2.75, 3.05) is 17.6 Å². The van der Waals surface area contributed by atoms with E-state index >= 15 is 4.39 Å². The molecule has 0 spiro atoms. The van der Waals surface area contributed by atoms with Crippen molar-refractivity contribution in [2.24, 2.45) is 0 Å². The van der Waals surface area contributed by atoms with E-state index in [-0.39, 0.29) is 59.2 Å². The van der Waals surface area contributed by atoms with E-state index in [4.69, 9.17) is 27.8 Å². The average Bonchev–Trinajstić information content (AvgIpc) is 2.96. The molecule has 4 aromatic carbocycles. The Morgan fingerprint density at radius 2 is 1.57 bits per heavy atom. The summed E-state index contributed by atoms with van der Waals surface area (Å²) in [7, 11) is -4.20. The number of halogens is 3. The summed E-state index contributed by atoms with van der Waals surface area (Å²) in [4.78, 5) is 26.1. The molecule has 1 atom stereocenters. The van der Waals surface area contributed by atoms with E-state index in [0.717, 1.165) is 16.7 Å². The Kier molecular flexibility index (Phi) is 13.0. The molecule has 0 heterocycles. The molecule has 2 amide bonds. The van der Waals surface area contributed by atoms with Crippen molar-refractivity contribution in [3.05, 3.63) is 123 Å². The molecule has 0 aliphatic carbocycles. The molecule has 0 saturated carbocycles. The first kappa shape index (κ1) is 37.7. The van der Waals surface area contributed by atoms with Crippen LogP contribution in [0.2, 0.25) is 10.0 Å². The third-order valence-corrected chi connectivity index (χ3v) is 8.53. The average molecular weight is 695 g/mol. The molecule has 0 aliphatic rings. The topological polar surface area (TPSA) is 113 Å². The van der Waals surface area contributed by atoms with Gasteiger partial charge in [-0.2, -0.15) is 8.42 Å². The van der Waals surface area contributed by atoms with Gasteiger partial charge in [0.2, 0.25) is 5.91 Å². The number of anilines is 1. The van der Waals surface area contributed by atoms with Crippen LogP contribution in [0.1, 0.15) is 53.7 Å². The van der Waals surface area contributed by atoms with Gasteiger partial charge in [-0.15, -0.1) is 0 Å². The van der Waals surface area contributed by atoms with Gasteiger partial charge in [-0.1, -0.05) is 92.5 Å². The minimum absolute atomic E-state index is 0. The number of amides is 2. The van der Waals surface area contributed by atoms with E-state index in [0.29, 0.717) is 21.2 Å². The molecule has 0 radical (unpaired) electrons. The van der Waals surface area contributed by atoms with Crippen molar-refractivity contribution in [1.29, 1.82) is 0 Å². The zero-order valence-electron chi connectivity index (χ0n) is 25.9. The predicted molar refractivity (Wildman–Crippen MR) is 177 cm³/mol. The van der Waals surface area contributed by atoms with Crippen LogP contribution in [-0.2, 0) is 26.7 Å². The van der Waals surface area contributed by atoms with Crippen LogP contribution >= 0.6 is 23.2 Å². The van der Waals surface area contributed by atoms with Gasteiger partial charge in [0.1, 0.15) is 5.82 Å². The molecule has 0 bridgehead atoms. The van der Waals surface area contributed by atoms with Crippen molar-refractivity contribution in [3.8, 4) is 11.1 Å². The first-order chi connectivity index (χ1) is 21.1. The van der Waals surface area contributed by atoms with Gasteiger partial charge in [-0.05, 0) is 70.5 Å². The molecule has 0 fully saturated rings. The van der Waals surface area contributed by atoms with E-state index in [1.165, 1.54) is 12.1 Å². The smallest absolute Gasteiger partial charge is 0.351 e. The molecule has 4 aromatic rings. The summed E-state index contributed by atoms with van der Waals surface area (Å²) in [5, 5.41) is 6.01. The van der Waals surface area contributed by atoms with Crippen molar-refractivity contribution >= 4 is 50.8 Å². The summed E-state index contributed by atoms with van der Waals surface area (Å²) in [6.07, 6.45) is 0.255. The SMILES string of the molecule is CC(C)(C)c1ccc(C(Cc2ccc(C(=O)NCCS(=O)(=O)O)cc2)C(=O)Nc2ccc(-c3ccc(Cl)cc3Cl)cc2F)cc1.[Na+]. The largest absolute Gasteiger partial charge is 1.00 e. The number of carbonyl (C=O) groups is 2. The zero-order chi connectivity index (χ0) is 32.9. The molecule has 46 heavy (non-hydrogen) atoms. The van der Waals surface area contributed by atoms with Crippen molar-refractivity contribution in [1.82, 2.24) is 5.32 Å². The second-order valence-electron chi connectivity index (χ2n) is 11.7. The standard InChI is InChI=1S/C34H33Cl2FN2O5S.Na/c1-34(2,3)25-11-8-22(9-12-25)28(18-21-4-6-23(7-5-21)32(40)38-16-17-45(42,43)44)33(41)39-31-15-10-24(19-30(31)37)27-14-13-26(35)20-29(27)36;/h4-15,19-20,28H,16-18H2,1-3H3,(H,38,40)(H,39,41)(H,42,43,44);/q;+1. The Morgan fingerprint density at radius 1 is 0.913 bits per heavy atom. The molecule has 7 nitrogen and oxygen atoms in total. The minimum Gasteiger partial charge on any atom is -0.351 e. The molecule has 0 saturated heterocycles. The van der Waals surface area contributed by atoms with Crippen molar-refractivity contribution < 1.29 is 56.5 Å². The van der Waals surface area contributed by atoms with Crippen molar-refractivity contribution in [3.63, 3.8) is 0 Å². The summed E-state index contributed by atoms with van der Waals surface area (Å²) in [5.74, 6) is -2.84. The maximum Gasteiger partial charge on any atom is 1.00 e. The summed E-state index contributed by atoms with van der Waals surface area (Å²) in [6, 6.07) is 23.7. The van der Waals surface area contributed by atoms with Crippen LogP contribution in [0.15, 0.2) is 84.9 Å². The Bertz CT molecular complexity index is 1810. The molecule has 0 aromatic heterocycles. The quantitative estimate of drug-likeness (QED) is 0.165. The first-order valence-corrected chi connectivity index (χ1v) is 16.5. The van der Waals surface area contributed by atoms with Gasteiger partial charge in [-0.25, -0.2) is 4.39 Å². The van der Waals surface area contributed by atoms with Crippen LogP contribution in [0.25, 0.3) is 11.1 Å². The van der Waals surface area contributed by atoms with Gasteiger partial charge in [0.05, 0.1) is 17.4 Å². The van der Waals surface area contributed by atoms with Gasteiger partial charge >= 0.3 is 29.6 Å². The molecule has 1 unspecified atom stereocenters. The summed E-state index contributed by atoms with van der Waals surface area (Å²) < 4.78 is 46.0. The second-order valence-corrected chi connectivity index (χ2v) is 14.1. The minimum atomic E-state index is -4.20. The van der Waals surface area contributed by atoms with E-state index in [1.807, 2.05) is 24.3 Å². The number of nitrogens with one attached hydrogen (secondary N) is 2. The molecule has 236 valence electrons. The Hall–Kier alpha value is -2.76. The number of rotatable bonds is 10. The van der Waals surface area contributed by atoms with Gasteiger partial charge in [0.25, 0.3) is 16.0 Å². The van der Waals surface area contributed by atoms with Gasteiger partial charge in [0.15, 0.2) is 0 Å². The number of benzene rings is 4. The fraction of sp³-hybridized carbons (Fsp3) is 0.235. The van der Waals surface area contributed by atoms with Crippen LogP contribution < -0.4 is 40.2 Å². The summed E-state index contributed by atoms with van der Waals surface area (Å²) >= 11 is 12.3. The van der Waals surface area contributed by atoms with Crippen LogP contribution in [0, 0.1) is 5.82 Å². The Morgan fingerprint density at radius 3 is 2.13 bits per heavy atom. The van der Waals surface area contributed by atoms with Crippen molar-refractivity contribution in [2.45, 2.75) is 38.5 Å². The number of hydrogen-bond acceptors (Lipinski definition) is 4. The predicted octanol–water partition coefficient (Wildman–Crippen LogP) is 4.68. The van der Waals surface area contributed by atoms with Crippen LogP contribution in [0.5, 0.6) is 0 Å². The fourth-order valence-electron chi connectivity index (χ4n) is 4.73. The summed E-state index contributed by atoms with van der Waals surface area (Å²) in [5.41, 5.74) is 3.92. The molecular formula is C34H33Cl2FN2NaO5S+. The van der Waals surface area contributed by atoms with Gasteiger partial charge in [0, 0.05) is 27.7 Å². The maximum absolute atomic E-state index is 15.3. The third kappa shape index (κ3) is 10.4. The van der Waals surface area contributed by atoms with Crippen LogP contribution in [0.4, 0.5) is 10.1 Å². The van der Waals surface area contributed by atoms with Crippen LogP contribution in [-0.4, -0.2) is 37.1 Å². The molecule has 3 N–H and O–H groups in total. The Balaban J connectivity index is 0.00000576. The maximum atomic E-state index is 15.3. The van der Waals surface area contributed by atoms with Gasteiger partial charge in [-0.3, -0.25) is 14.1 Å².